The first-order valence-corrected chi connectivity index (χ1v) is 8.48. The number of nitrogens with zero attached hydrogens (tertiary/aromatic N) is 1. The maximum absolute atomic E-state index is 12.6. The molecule has 4 nitrogen and oxygen atoms in total. The third kappa shape index (κ3) is 3.14. The molecule has 3 aromatic rings. The number of ketones is 1. The summed E-state index contributed by atoms with van der Waals surface area (Å²) in [5.74, 6) is 0.880. The van der Waals surface area contributed by atoms with Crippen LogP contribution in [0.15, 0.2) is 72.8 Å². The molecule has 0 saturated heterocycles. The van der Waals surface area contributed by atoms with Gasteiger partial charge in [0.1, 0.15) is 12.4 Å². The van der Waals surface area contributed by atoms with E-state index in [2.05, 4.69) is 22.3 Å². The van der Waals surface area contributed by atoms with Crippen LogP contribution >= 0.6 is 0 Å². The van der Waals surface area contributed by atoms with Gasteiger partial charge >= 0.3 is 0 Å². The highest BCUT2D eigenvalue weighted by Crippen LogP contribution is 2.35. The van der Waals surface area contributed by atoms with Crippen LogP contribution in [0.4, 0.5) is 11.4 Å². The highest BCUT2D eigenvalue weighted by atomic mass is 16.5. The van der Waals surface area contributed by atoms with E-state index in [-0.39, 0.29) is 5.78 Å². The van der Waals surface area contributed by atoms with Crippen LogP contribution in [-0.2, 0) is 6.54 Å². The lowest BCUT2D eigenvalue weighted by atomic mass is 10.0. The number of anilines is 2. The van der Waals surface area contributed by atoms with Gasteiger partial charge in [-0.25, -0.2) is 0 Å². The topological polar surface area (TPSA) is 41.6 Å². The van der Waals surface area contributed by atoms with Crippen molar-refractivity contribution in [2.45, 2.75) is 6.54 Å². The molecular weight excluding hydrogens is 324 g/mol. The largest absolute Gasteiger partial charge is 0.497 e. The van der Waals surface area contributed by atoms with E-state index < -0.39 is 0 Å². The zero-order valence-electron chi connectivity index (χ0n) is 14.5. The molecule has 0 bridgehead atoms. The minimum absolute atomic E-state index is 0.0313. The van der Waals surface area contributed by atoms with Gasteiger partial charge in [-0.3, -0.25) is 4.79 Å². The fourth-order valence-electron chi connectivity index (χ4n) is 3.07. The molecule has 129 valence electrons. The minimum Gasteiger partial charge on any atom is -0.497 e. The number of ether oxygens (including phenoxy) is 1. The van der Waals surface area contributed by atoms with Crippen molar-refractivity contribution in [3.05, 3.63) is 96.2 Å². The lowest BCUT2D eigenvalue weighted by molar-refractivity contribution is 0.103. The molecule has 1 heterocycles. The Labute approximate surface area is 153 Å². The van der Waals surface area contributed by atoms with Gasteiger partial charge in [-0.1, -0.05) is 42.5 Å². The van der Waals surface area contributed by atoms with Crippen LogP contribution in [0.25, 0.3) is 0 Å². The van der Waals surface area contributed by atoms with Crippen LogP contribution in [0.1, 0.15) is 21.5 Å². The van der Waals surface area contributed by atoms with Gasteiger partial charge in [0.25, 0.3) is 0 Å². The molecule has 0 unspecified atom stereocenters. The summed E-state index contributed by atoms with van der Waals surface area (Å²) in [6.07, 6.45) is 0. The van der Waals surface area contributed by atoms with Crippen LogP contribution in [-0.4, -0.2) is 12.9 Å². The molecule has 0 aliphatic carbocycles. The lowest BCUT2D eigenvalue weighted by Gasteiger charge is -2.17. The maximum atomic E-state index is 12.6. The van der Waals surface area contributed by atoms with Crippen molar-refractivity contribution in [3.63, 3.8) is 0 Å². The number of methoxy groups -OCH3 is 1. The molecule has 0 saturated carbocycles. The van der Waals surface area contributed by atoms with Crippen LogP contribution in [0, 0.1) is 6.67 Å². The second-order valence-electron chi connectivity index (χ2n) is 6.18. The number of carbonyl (C=O) groups is 1. The van der Waals surface area contributed by atoms with E-state index in [9.17, 15) is 4.79 Å². The van der Waals surface area contributed by atoms with Gasteiger partial charge in [0.2, 0.25) is 0 Å². The Kier molecular flexibility index (Phi) is 4.32. The molecule has 0 atom stereocenters. The number of carbonyl (C=O) groups excluding carboxylic acids is 1. The minimum atomic E-state index is 0.0313. The zero-order valence-corrected chi connectivity index (χ0v) is 14.5. The Bertz CT molecular complexity index is 921. The molecule has 1 aliphatic heterocycles. The molecule has 1 N–H and O–H groups in total. The summed E-state index contributed by atoms with van der Waals surface area (Å²) in [5, 5.41) is 3.26. The molecule has 4 rings (SSSR count). The molecule has 0 amide bonds. The molecule has 1 aliphatic rings. The molecular formula is C22H19N2O2. The predicted molar refractivity (Wildman–Crippen MR) is 103 cm³/mol. The van der Waals surface area contributed by atoms with Gasteiger partial charge in [-0.2, -0.15) is 0 Å². The average Bonchev–Trinajstić information content (AvgIpc) is 3.10. The quantitative estimate of drug-likeness (QED) is 0.694. The third-order valence-corrected chi connectivity index (χ3v) is 4.49. The van der Waals surface area contributed by atoms with Crippen molar-refractivity contribution in [2.75, 3.05) is 17.3 Å². The Balaban J connectivity index is 1.53. The van der Waals surface area contributed by atoms with E-state index in [1.807, 2.05) is 67.3 Å². The third-order valence-electron chi connectivity index (χ3n) is 4.49. The number of hydrogen-bond acceptors (Lipinski definition) is 4. The first-order chi connectivity index (χ1) is 12.7. The zero-order chi connectivity index (χ0) is 17.9. The van der Waals surface area contributed by atoms with Gasteiger partial charge in [0.15, 0.2) is 5.78 Å². The Morgan fingerprint density at radius 2 is 1.73 bits per heavy atom. The van der Waals surface area contributed by atoms with Gasteiger partial charge in [-0.15, -0.1) is 0 Å². The summed E-state index contributed by atoms with van der Waals surface area (Å²) < 4.78 is 5.20. The van der Waals surface area contributed by atoms with Gasteiger partial charge in [0, 0.05) is 17.7 Å². The molecule has 1 radical (unpaired) electrons. The highest BCUT2D eigenvalue weighted by molar-refractivity contribution is 6.10. The molecule has 0 fully saturated rings. The summed E-state index contributed by atoms with van der Waals surface area (Å²) >= 11 is 0. The maximum Gasteiger partial charge on any atom is 0.193 e. The lowest BCUT2D eigenvalue weighted by Crippen LogP contribution is -2.16. The SMILES string of the molecule is COc1ccc(CN2[CH]Nc3cc(C(=O)c4ccccc4)ccc32)cc1. The van der Waals surface area contributed by atoms with Crippen molar-refractivity contribution in [2.24, 2.45) is 0 Å². The van der Waals surface area contributed by atoms with Crippen LogP contribution < -0.4 is 15.0 Å². The highest BCUT2D eigenvalue weighted by Gasteiger charge is 2.21. The van der Waals surface area contributed by atoms with Crippen molar-refractivity contribution < 1.29 is 9.53 Å². The van der Waals surface area contributed by atoms with Crippen molar-refractivity contribution in [3.8, 4) is 5.75 Å². The van der Waals surface area contributed by atoms with Gasteiger partial charge < -0.3 is 15.0 Å². The number of fused-ring (bicyclic) bond motifs is 1. The first-order valence-electron chi connectivity index (χ1n) is 8.48. The molecule has 0 spiro atoms. The Morgan fingerprint density at radius 1 is 0.962 bits per heavy atom. The number of benzene rings is 3. The van der Waals surface area contributed by atoms with E-state index in [1.54, 1.807) is 7.11 Å². The van der Waals surface area contributed by atoms with Crippen LogP contribution in [0.3, 0.4) is 0 Å². The monoisotopic (exact) mass is 343 g/mol. The average molecular weight is 343 g/mol. The van der Waals surface area contributed by atoms with E-state index in [0.717, 1.165) is 23.7 Å². The standard InChI is InChI=1S/C22H19N2O2/c1-26-19-10-7-16(8-11-19)14-24-15-23-20-13-18(9-12-21(20)24)22(25)17-5-3-2-4-6-17/h2-13,15,23H,14H2,1H3. The Hall–Kier alpha value is -3.27. The summed E-state index contributed by atoms with van der Waals surface area (Å²) in [5.41, 5.74) is 4.57. The van der Waals surface area contributed by atoms with E-state index >= 15 is 0 Å². The van der Waals surface area contributed by atoms with E-state index in [0.29, 0.717) is 11.1 Å². The van der Waals surface area contributed by atoms with Gasteiger partial charge in [0.05, 0.1) is 18.5 Å². The summed E-state index contributed by atoms with van der Waals surface area (Å²) in [6, 6.07) is 23.2. The summed E-state index contributed by atoms with van der Waals surface area (Å²) in [7, 11) is 1.66. The molecule has 4 heteroatoms. The molecule has 0 aromatic heterocycles. The number of nitrogens with one attached hydrogen (secondary N) is 1. The predicted octanol–water partition coefficient (Wildman–Crippen LogP) is 4.48. The van der Waals surface area contributed by atoms with Crippen LogP contribution in [0.2, 0.25) is 0 Å². The van der Waals surface area contributed by atoms with Gasteiger partial charge in [-0.05, 0) is 35.9 Å². The van der Waals surface area contributed by atoms with Crippen molar-refractivity contribution >= 4 is 17.2 Å². The summed E-state index contributed by atoms with van der Waals surface area (Å²) in [4.78, 5) is 14.7. The number of rotatable bonds is 5. The van der Waals surface area contributed by atoms with E-state index in [1.165, 1.54) is 5.56 Å². The molecule has 3 aromatic carbocycles. The fraction of sp³-hybridized carbons (Fsp3) is 0.0909. The van der Waals surface area contributed by atoms with Crippen molar-refractivity contribution in [1.82, 2.24) is 0 Å². The first kappa shape index (κ1) is 16.2. The Morgan fingerprint density at radius 3 is 2.46 bits per heavy atom. The second kappa shape index (κ2) is 6.92. The van der Waals surface area contributed by atoms with Crippen molar-refractivity contribution in [1.29, 1.82) is 0 Å². The second-order valence-corrected chi connectivity index (χ2v) is 6.18. The molecule has 26 heavy (non-hydrogen) atoms. The van der Waals surface area contributed by atoms with Crippen LogP contribution in [0.5, 0.6) is 5.75 Å². The smallest absolute Gasteiger partial charge is 0.193 e. The van der Waals surface area contributed by atoms with E-state index in [4.69, 9.17) is 4.74 Å². The summed E-state index contributed by atoms with van der Waals surface area (Å²) in [6.45, 7) is 2.68. The normalized spacial score (nSPS) is 12.4. The fourth-order valence-corrected chi connectivity index (χ4v) is 3.07. The number of hydrogen-bond donors (Lipinski definition) is 1.